The summed E-state index contributed by atoms with van der Waals surface area (Å²) in [6, 6.07) is -2.82. The van der Waals surface area contributed by atoms with E-state index in [1.807, 2.05) is 34.6 Å². The zero-order valence-corrected chi connectivity index (χ0v) is 35.6. The Bertz CT molecular complexity index is 1550. The first-order valence-corrected chi connectivity index (χ1v) is 21.5. The molecule has 5 fully saturated rings. The summed E-state index contributed by atoms with van der Waals surface area (Å²) in [7, 11) is 0. The van der Waals surface area contributed by atoms with Crippen molar-refractivity contribution in [3.63, 3.8) is 0 Å². The van der Waals surface area contributed by atoms with E-state index in [0.29, 0.717) is 25.3 Å². The molecule has 0 aromatic rings. The summed E-state index contributed by atoms with van der Waals surface area (Å²) in [5.74, 6) is -2.27. The van der Waals surface area contributed by atoms with E-state index < -0.39 is 57.9 Å². The zero-order chi connectivity index (χ0) is 41.4. The quantitative estimate of drug-likeness (QED) is 0.0978. The van der Waals surface area contributed by atoms with Crippen molar-refractivity contribution in [3.8, 4) is 0 Å². The van der Waals surface area contributed by atoms with Crippen LogP contribution in [-0.2, 0) is 28.8 Å². The first-order chi connectivity index (χ1) is 26.1. The van der Waals surface area contributed by atoms with Gasteiger partial charge in [-0.25, -0.2) is 4.79 Å². The average Bonchev–Trinajstić information content (AvgIpc) is 3.75. The number of nitrogens with zero attached hydrogens (tertiary/aromatic N) is 2. The second-order valence-electron chi connectivity index (χ2n) is 21.0. The van der Waals surface area contributed by atoms with E-state index in [9.17, 15) is 28.8 Å². The van der Waals surface area contributed by atoms with Gasteiger partial charge in [-0.3, -0.25) is 33.7 Å². The fraction of sp³-hybridized carbons (Fsp3) is 0.800. The second kappa shape index (κ2) is 16.8. The number of rotatable bonds is 16. The number of hydrogen-bond acceptors (Lipinski definition) is 7. The molecule has 11 nitrogen and oxygen atoms in total. The topological polar surface area (TPSA) is 150 Å². The number of allylic oxidation sites excluding steroid dienone is 1. The largest absolute Gasteiger partial charge is 0.333 e. The number of carbonyl (C=O) groups is 7. The monoisotopic (exact) mass is 779 g/mol. The van der Waals surface area contributed by atoms with Gasteiger partial charge in [0.1, 0.15) is 6.04 Å². The van der Waals surface area contributed by atoms with E-state index in [1.54, 1.807) is 11.0 Å². The van der Waals surface area contributed by atoms with E-state index in [1.165, 1.54) is 4.90 Å². The highest BCUT2D eigenvalue weighted by Gasteiger charge is 2.58. The van der Waals surface area contributed by atoms with E-state index in [2.05, 4.69) is 38.0 Å². The highest BCUT2D eigenvalue weighted by atomic mass is 16.2. The molecule has 0 bridgehead atoms. The van der Waals surface area contributed by atoms with E-state index in [-0.39, 0.29) is 73.0 Å². The number of amides is 5. The van der Waals surface area contributed by atoms with Gasteiger partial charge in [0.05, 0.1) is 12.1 Å². The summed E-state index contributed by atoms with van der Waals surface area (Å²) >= 11 is 0. The van der Waals surface area contributed by atoms with Crippen molar-refractivity contribution >= 4 is 41.1 Å². The van der Waals surface area contributed by atoms with Gasteiger partial charge in [-0.05, 0) is 77.9 Å². The molecular weight excluding hydrogens is 709 g/mol. The van der Waals surface area contributed by atoms with Crippen LogP contribution < -0.4 is 10.6 Å². The molecule has 56 heavy (non-hydrogen) atoms. The van der Waals surface area contributed by atoms with Crippen LogP contribution in [0.15, 0.2) is 12.7 Å². The Morgan fingerprint density at radius 2 is 1.52 bits per heavy atom. The number of fused-ring (bicyclic) bond motifs is 1. The molecule has 5 amide bonds. The maximum atomic E-state index is 15.2. The Morgan fingerprint density at radius 1 is 0.893 bits per heavy atom. The predicted octanol–water partition coefficient (Wildman–Crippen LogP) is 6.96. The minimum absolute atomic E-state index is 0.0263. The van der Waals surface area contributed by atoms with Crippen LogP contribution in [-0.4, -0.2) is 82.1 Å². The van der Waals surface area contributed by atoms with Crippen LogP contribution in [0.25, 0.3) is 0 Å². The van der Waals surface area contributed by atoms with Gasteiger partial charge >= 0.3 is 6.03 Å². The third kappa shape index (κ3) is 10.0. The minimum atomic E-state index is -0.927. The van der Waals surface area contributed by atoms with Crippen LogP contribution in [0, 0.1) is 45.3 Å². The minimum Gasteiger partial charge on any atom is -0.333 e. The zero-order valence-electron chi connectivity index (χ0n) is 35.6. The van der Waals surface area contributed by atoms with Crippen molar-refractivity contribution in [2.24, 2.45) is 45.3 Å². The second-order valence-corrected chi connectivity index (χ2v) is 21.0. The number of urea groups is 1. The molecule has 3 aliphatic carbocycles. The molecule has 0 aromatic carbocycles. The lowest BCUT2D eigenvalue weighted by Gasteiger charge is -2.43. The van der Waals surface area contributed by atoms with Gasteiger partial charge in [-0.2, -0.15) is 0 Å². The molecule has 0 spiro atoms. The molecule has 5 aliphatic rings. The van der Waals surface area contributed by atoms with Gasteiger partial charge < -0.3 is 15.5 Å². The van der Waals surface area contributed by atoms with Gasteiger partial charge in [0.15, 0.2) is 11.6 Å². The smallest absolute Gasteiger partial charge is 0.315 e. The number of imide groups is 1. The molecule has 3 saturated carbocycles. The number of nitrogens with one attached hydrogen (secondary N) is 2. The van der Waals surface area contributed by atoms with Crippen molar-refractivity contribution in [1.82, 2.24) is 20.4 Å². The molecule has 312 valence electrons. The number of hydrogen-bond donors (Lipinski definition) is 2. The molecule has 0 aromatic heterocycles. The van der Waals surface area contributed by atoms with Crippen molar-refractivity contribution in [2.45, 2.75) is 170 Å². The van der Waals surface area contributed by atoms with Gasteiger partial charge in [0, 0.05) is 44.7 Å². The number of Topliss-reactive ketones (excluding diaryl/α,β-unsaturated/α-hetero) is 3. The predicted molar refractivity (Wildman–Crippen MR) is 215 cm³/mol. The number of carbonyl (C=O) groups excluding carboxylic acids is 7. The molecule has 2 heterocycles. The highest BCUT2D eigenvalue weighted by Crippen LogP contribution is 2.54. The molecule has 2 aliphatic heterocycles. The van der Waals surface area contributed by atoms with Gasteiger partial charge in [0.25, 0.3) is 0 Å². The fourth-order valence-electron chi connectivity index (χ4n) is 10.3. The Morgan fingerprint density at radius 3 is 2.09 bits per heavy atom. The maximum absolute atomic E-state index is 15.2. The van der Waals surface area contributed by atoms with Crippen molar-refractivity contribution < 1.29 is 33.6 Å². The van der Waals surface area contributed by atoms with Crippen LogP contribution >= 0.6 is 0 Å². The van der Waals surface area contributed by atoms with Crippen molar-refractivity contribution in [1.29, 1.82) is 0 Å². The molecule has 5 rings (SSSR count). The Balaban J connectivity index is 1.41. The van der Waals surface area contributed by atoms with Gasteiger partial charge in [0.2, 0.25) is 23.5 Å². The molecule has 0 radical (unpaired) electrons. The van der Waals surface area contributed by atoms with E-state index in [4.69, 9.17) is 0 Å². The summed E-state index contributed by atoms with van der Waals surface area (Å²) in [5.41, 5.74) is -1.63. The van der Waals surface area contributed by atoms with E-state index >= 15 is 4.79 Å². The van der Waals surface area contributed by atoms with Crippen LogP contribution in [0.1, 0.15) is 152 Å². The fourth-order valence-corrected chi connectivity index (χ4v) is 10.3. The Hall–Kier alpha value is -3.37. The molecule has 6 atom stereocenters. The third-order valence-corrected chi connectivity index (χ3v) is 14.2. The van der Waals surface area contributed by atoms with Gasteiger partial charge in [-0.15, -0.1) is 6.58 Å². The van der Waals surface area contributed by atoms with Crippen molar-refractivity contribution in [2.75, 3.05) is 13.1 Å². The third-order valence-electron chi connectivity index (χ3n) is 14.2. The van der Waals surface area contributed by atoms with Crippen LogP contribution in [0.3, 0.4) is 0 Å². The molecule has 2 saturated heterocycles. The lowest BCUT2D eigenvalue weighted by atomic mass is 9.70. The average molecular weight is 779 g/mol. The van der Waals surface area contributed by atoms with Crippen LogP contribution in [0.2, 0.25) is 0 Å². The lowest BCUT2D eigenvalue weighted by Crippen LogP contribution is -2.63. The number of ketones is 3. The summed E-state index contributed by atoms with van der Waals surface area (Å²) in [5, 5.41) is 6.17. The number of likely N-dealkylation sites (tertiary alicyclic amines) is 2. The molecule has 2 N–H and O–H groups in total. The Labute approximate surface area is 335 Å². The highest BCUT2D eigenvalue weighted by molar-refractivity contribution is 6.38. The first-order valence-electron chi connectivity index (χ1n) is 21.5. The molecular formula is C45H70N4O7. The Kier molecular flexibility index (Phi) is 13.2. The molecule has 11 heteroatoms. The maximum Gasteiger partial charge on any atom is 0.315 e. The first kappa shape index (κ1) is 43.7. The summed E-state index contributed by atoms with van der Waals surface area (Å²) < 4.78 is 0. The van der Waals surface area contributed by atoms with Crippen LogP contribution in [0.4, 0.5) is 4.79 Å². The summed E-state index contributed by atoms with van der Waals surface area (Å²) in [4.78, 5) is 99.8. The van der Waals surface area contributed by atoms with Gasteiger partial charge in [-0.1, -0.05) is 93.6 Å². The molecule has 1 unspecified atom stereocenters. The number of piperidine rings is 1. The lowest BCUT2D eigenvalue weighted by molar-refractivity contribution is -0.153. The standard InChI is InChI=1S/C45H70N4O7/c1-10-11-15-32(50)38(54)29(22-28-16-17-28)23-33(51)37-30-18-21-44(7,8)31(30)26-49(37)40(55)39(45(9)19-13-12-14-20-45)47-41(56)46-34(42(2,3)4)27-48-35(52)24-43(5,6)25-36(48)53/h10,28-31,34,37,39H,1,11-27H2,2-9H3,(H2,46,47,56)/t29?,30-,31-,34+,37-,39+/m0/s1. The van der Waals surface area contributed by atoms with E-state index in [0.717, 1.165) is 57.8 Å². The summed E-state index contributed by atoms with van der Waals surface area (Å²) in [6.07, 6.45) is 11.0. The normalized spacial score (nSPS) is 27.2. The summed E-state index contributed by atoms with van der Waals surface area (Å²) in [6.45, 7) is 20.2. The van der Waals surface area contributed by atoms with Crippen LogP contribution in [0.5, 0.6) is 0 Å². The SMILES string of the molecule is C=CCCC(=O)C(=O)C(CC(=O)[C@@H]1[C@H]2CCC(C)(C)[C@H]2CN1C(=O)[C@@H](NC(=O)N[C@H](CN1C(=O)CC(C)(C)CC1=O)C(C)(C)C)C1(C)CCCCC1)CC1CC1. The van der Waals surface area contributed by atoms with Crippen molar-refractivity contribution in [3.05, 3.63) is 12.7 Å².